The lowest BCUT2D eigenvalue weighted by Crippen LogP contribution is -2.39. The third-order valence-corrected chi connectivity index (χ3v) is 4.29. The van der Waals surface area contributed by atoms with Gasteiger partial charge in [0.05, 0.1) is 12.2 Å². The molecule has 0 aliphatic carbocycles. The van der Waals surface area contributed by atoms with Crippen LogP contribution in [-0.4, -0.2) is 18.2 Å². The second-order valence-corrected chi connectivity index (χ2v) is 5.83. The Bertz CT molecular complexity index is 755. The molecule has 2 aromatic carbocycles. The molecule has 1 atom stereocenters. The monoisotopic (exact) mass is 323 g/mol. The molecule has 0 radical (unpaired) electrons. The van der Waals surface area contributed by atoms with Crippen LogP contribution in [0, 0.1) is 0 Å². The van der Waals surface area contributed by atoms with Crippen molar-refractivity contribution in [1.82, 2.24) is 0 Å². The summed E-state index contributed by atoms with van der Waals surface area (Å²) < 4.78 is 6.11. The Balaban J connectivity index is 2.01. The molecule has 0 bridgehead atoms. The van der Waals surface area contributed by atoms with Gasteiger partial charge in [-0.25, -0.2) is 0 Å². The van der Waals surface area contributed by atoms with Crippen LogP contribution in [0.15, 0.2) is 48.5 Å². The number of anilines is 1. The zero-order valence-electron chi connectivity index (χ0n) is 14.0. The van der Waals surface area contributed by atoms with Crippen LogP contribution in [0.4, 0.5) is 5.69 Å². The molecule has 1 amide bonds. The van der Waals surface area contributed by atoms with E-state index in [2.05, 4.69) is 0 Å². The highest BCUT2D eigenvalue weighted by atomic mass is 16.5. The Kier molecular flexibility index (Phi) is 4.65. The lowest BCUT2D eigenvalue weighted by atomic mass is 10.0. The molecule has 0 N–H and O–H groups in total. The molecule has 124 valence electrons. The van der Waals surface area contributed by atoms with Gasteiger partial charge in [0.2, 0.25) is 5.91 Å². The number of carbonyl (C=O) groups excluding carboxylic acids is 2. The number of carbonyl (C=O) groups is 2. The maximum Gasteiger partial charge on any atom is 0.226 e. The van der Waals surface area contributed by atoms with Gasteiger partial charge < -0.3 is 9.64 Å². The molecule has 4 nitrogen and oxygen atoms in total. The average molecular weight is 323 g/mol. The minimum atomic E-state index is -0.207. The van der Waals surface area contributed by atoms with Gasteiger partial charge in [-0.15, -0.1) is 0 Å². The molecule has 1 aliphatic rings. The average Bonchev–Trinajstić information content (AvgIpc) is 2.66. The van der Waals surface area contributed by atoms with Crippen molar-refractivity contribution >= 4 is 17.4 Å². The minimum absolute atomic E-state index is 0.0292. The highest BCUT2D eigenvalue weighted by Crippen LogP contribution is 2.39. The number of ketones is 1. The van der Waals surface area contributed by atoms with Crippen molar-refractivity contribution in [2.24, 2.45) is 0 Å². The third kappa shape index (κ3) is 3.04. The number of ether oxygens (including phenoxy) is 1. The maximum atomic E-state index is 12.4. The van der Waals surface area contributed by atoms with Gasteiger partial charge in [0.1, 0.15) is 11.9 Å². The van der Waals surface area contributed by atoms with E-state index in [1.807, 2.05) is 44.2 Å². The molecule has 1 heterocycles. The molecule has 1 aliphatic heterocycles. The first-order valence-corrected chi connectivity index (χ1v) is 8.33. The summed E-state index contributed by atoms with van der Waals surface area (Å²) in [7, 11) is 0. The van der Waals surface area contributed by atoms with Gasteiger partial charge in [0, 0.05) is 18.4 Å². The summed E-state index contributed by atoms with van der Waals surface area (Å²) in [6, 6.07) is 15.2. The summed E-state index contributed by atoms with van der Waals surface area (Å²) in [5.41, 5.74) is 2.34. The molecule has 0 aromatic heterocycles. The Labute approximate surface area is 142 Å². The van der Waals surface area contributed by atoms with Crippen LogP contribution in [0.1, 0.15) is 48.7 Å². The minimum Gasteiger partial charge on any atom is -0.482 e. The zero-order chi connectivity index (χ0) is 17.1. The molecule has 1 unspecified atom stereocenters. The van der Waals surface area contributed by atoms with Crippen molar-refractivity contribution in [3.8, 4) is 5.75 Å². The second kappa shape index (κ2) is 6.87. The van der Waals surface area contributed by atoms with Crippen molar-refractivity contribution in [2.45, 2.75) is 32.8 Å². The smallest absolute Gasteiger partial charge is 0.226 e. The fraction of sp³-hybridized carbons (Fsp3) is 0.300. The van der Waals surface area contributed by atoms with E-state index in [1.54, 1.807) is 23.1 Å². The summed E-state index contributed by atoms with van der Waals surface area (Å²) in [6.07, 6.45) is 0.642. The number of nitrogens with zero attached hydrogens (tertiary/aromatic N) is 1. The Morgan fingerprint density at radius 1 is 1.08 bits per heavy atom. The van der Waals surface area contributed by atoms with Gasteiger partial charge >= 0.3 is 0 Å². The van der Waals surface area contributed by atoms with Crippen molar-refractivity contribution < 1.29 is 14.3 Å². The SMILES string of the molecule is CCC(=O)c1ccc2c(c1)N(C(=O)CC)CC(c1ccccc1)O2. The second-order valence-electron chi connectivity index (χ2n) is 5.83. The van der Waals surface area contributed by atoms with Crippen LogP contribution < -0.4 is 9.64 Å². The van der Waals surface area contributed by atoms with Crippen LogP contribution in [-0.2, 0) is 4.79 Å². The van der Waals surface area contributed by atoms with Crippen molar-refractivity contribution in [2.75, 3.05) is 11.4 Å². The molecule has 0 saturated carbocycles. The van der Waals surface area contributed by atoms with E-state index in [0.29, 0.717) is 36.4 Å². The van der Waals surface area contributed by atoms with Crippen molar-refractivity contribution in [1.29, 1.82) is 0 Å². The molecule has 3 rings (SSSR count). The van der Waals surface area contributed by atoms with Crippen LogP contribution in [0.3, 0.4) is 0 Å². The number of amides is 1. The van der Waals surface area contributed by atoms with E-state index >= 15 is 0 Å². The number of hydrogen-bond donors (Lipinski definition) is 0. The molecule has 2 aromatic rings. The van der Waals surface area contributed by atoms with Gasteiger partial charge in [-0.1, -0.05) is 44.2 Å². The van der Waals surface area contributed by atoms with Gasteiger partial charge in [-0.05, 0) is 23.8 Å². The summed E-state index contributed by atoms with van der Waals surface area (Å²) in [6.45, 7) is 4.13. The van der Waals surface area contributed by atoms with Crippen LogP contribution in [0.5, 0.6) is 5.75 Å². The fourth-order valence-electron chi connectivity index (χ4n) is 2.93. The third-order valence-electron chi connectivity index (χ3n) is 4.29. The highest BCUT2D eigenvalue weighted by molar-refractivity contribution is 6.00. The van der Waals surface area contributed by atoms with Crippen molar-refractivity contribution in [3.63, 3.8) is 0 Å². The van der Waals surface area contributed by atoms with E-state index < -0.39 is 0 Å². The topological polar surface area (TPSA) is 46.6 Å². The van der Waals surface area contributed by atoms with Crippen LogP contribution in [0.2, 0.25) is 0 Å². The molecular formula is C20H21NO3. The fourth-order valence-corrected chi connectivity index (χ4v) is 2.93. The first-order valence-electron chi connectivity index (χ1n) is 8.33. The standard InChI is InChI=1S/C20H21NO3/c1-3-17(22)15-10-11-18-16(12-15)21(20(23)4-2)13-19(24-18)14-8-6-5-7-9-14/h5-12,19H,3-4,13H2,1-2H3. The zero-order valence-corrected chi connectivity index (χ0v) is 14.0. The molecule has 24 heavy (non-hydrogen) atoms. The highest BCUT2D eigenvalue weighted by Gasteiger charge is 2.30. The number of hydrogen-bond acceptors (Lipinski definition) is 3. The van der Waals surface area contributed by atoms with E-state index in [-0.39, 0.29) is 17.8 Å². The lowest BCUT2D eigenvalue weighted by molar-refractivity contribution is -0.118. The van der Waals surface area contributed by atoms with E-state index in [1.165, 1.54) is 0 Å². The molecule has 0 fully saturated rings. The number of fused-ring (bicyclic) bond motifs is 1. The van der Waals surface area contributed by atoms with Gasteiger partial charge in [0.25, 0.3) is 0 Å². The van der Waals surface area contributed by atoms with Gasteiger partial charge in [0.15, 0.2) is 5.78 Å². The first-order chi connectivity index (χ1) is 11.6. The van der Waals surface area contributed by atoms with Crippen LogP contribution in [0.25, 0.3) is 0 Å². The summed E-state index contributed by atoms with van der Waals surface area (Å²) in [4.78, 5) is 26.2. The van der Waals surface area contributed by atoms with Crippen molar-refractivity contribution in [3.05, 3.63) is 59.7 Å². The first kappa shape index (κ1) is 16.2. The maximum absolute atomic E-state index is 12.4. The largest absolute Gasteiger partial charge is 0.482 e. The quantitative estimate of drug-likeness (QED) is 0.794. The lowest BCUT2D eigenvalue weighted by Gasteiger charge is -2.35. The Morgan fingerprint density at radius 3 is 2.50 bits per heavy atom. The Hall–Kier alpha value is -2.62. The van der Waals surface area contributed by atoms with Gasteiger partial charge in [-0.3, -0.25) is 9.59 Å². The Morgan fingerprint density at radius 2 is 1.83 bits per heavy atom. The predicted octanol–water partition coefficient (Wildman–Crippen LogP) is 4.16. The van der Waals surface area contributed by atoms with E-state index in [4.69, 9.17) is 4.74 Å². The van der Waals surface area contributed by atoms with E-state index in [0.717, 1.165) is 5.56 Å². The number of Topliss-reactive ketones (excluding diaryl/α,β-unsaturated/α-hetero) is 1. The summed E-state index contributed by atoms with van der Waals surface area (Å²) in [5.74, 6) is 0.734. The summed E-state index contributed by atoms with van der Waals surface area (Å²) >= 11 is 0. The summed E-state index contributed by atoms with van der Waals surface area (Å²) in [5, 5.41) is 0. The number of benzene rings is 2. The normalized spacial score (nSPS) is 16.2. The van der Waals surface area contributed by atoms with Crippen LogP contribution >= 0.6 is 0 Å². The molecule has 0 spiro atoms. The molecule has 4 heteroatoms. The molecular weight excluding hydrogens is 302 g/mol. The molecule has 0 saturated heterocycles. The van der Waals surface area contributed by atoms with Gasteiger partial charge in [-0.2, -0.15) is 0 Å². The predicted molar refractivity (Wildman–Crippen MR) is 93.5 cm³/mol. The number of rotatable bonds is 4. The van der Waals surface area contributed by atoms with E-state index in [9.17, 15) is 9.59 Å².